The van der Waals surface area contributed by atoms with Crippen LogP contribution in [0.3, 0.4) is 0 Å². The number of hydrogen-bond donors (Lipinski definition) is 1. The molecule has 0 unspecified atom stereocenters. The molecule has 0 aliphatic heterocycles. The Bertz CT molecular complexity index is 1170. The third-order valence-corrected chi connectivity index (χ3v) is 4.13. The summed E-state index contributed by atoms with van der Waals surface area (Å²) in [6, 6.07) is 1.48. The summed E-state index contributed by atoms with van der Waals surface area (Å²) in [7, 11) is 1.41. The van der Waals surface area contributed by atoms with Gasteiger partial charge in [-0.3, -0.25) is 9.48 Å². The molecule has 0 radical (unpaired) electrons. The number of nitrogens with one attached hydrogen (secondary N) is 1. The van der Waals surface area contributed by atoms with Gasteiger partial charge in [-0.2, -0.15) is 32.1 Å². The molecule has 31 heavy (non-hydrogen) atoms. The van der Waals surface area contributed by atoms with E-state index in [-0.39, 0.29) is 33.8 Å². The van der Waals surface area contributed by atoms with E-state index in [0.717, 1.165) is 16.9 Å². The van der Waals surface area contributed by atoms with Crippen LogP contribution in [0.25, 0.3) is 5.65 Å². The highest BCUT2D eigenvalue weighted by atomic mass is 19.4. The lowest BCUT2D eigenvalue weighted by Gasteiger charge is -2.20. The number of esters is 1. The highest BCUT2D eigenvalue weighted by Gasteiger charge is 2.60. The number of rotatable bonds is 5. The molecule has 0 saturated heterocycles. The van der Waals surface area contributed by atoms with Gasteiger partial charge in [0.25, 0.3) is 5.91 Å². The normalized spacial score (nSPS) is 12.3. The maximum absolute atomic E-state index is 14.0. The molecule has 1 N–H and O–H groups in total. The number of carbonyl (C=O) groups excluding carboxylic acids is 2. The summed E-state index contributed by atoms with van der Waals surface area (Å²) in [5, 5.41) is 9.73. The fourth-order valence-electron chi connectivity index (χ4n) is 2.70. The first-order valence-corrected chi connectivity index (χ1v) is 8.69. The molecule has 3 aromatic heterocycles. The number of hydrogen-bond acceptors (Lipinski definition) is 6. The Hall–Kier alpha value is -3.58. The SMILES string of the molecule is CCOC(=O)c1cnn(C)c1NC(=O)c1cc2nc(C)cc(C(F)(F)C(F)(F)F)n2n1. The van der Waals surface area contributed by atoms with Gasteiger partial charge in [-0.1, -0.05) is 0 Å². The summed E-state index contributed by atoms with van der Waals surface area (Å²) in [5.74, 6) is -7.08. The van der Waals surface area contributed by atoms with E-state index in [1.165, 1.54) is 14.0 Å². The lowest BCUT2D eigenvalue weighted by Crippen LogP contribution is -2.36. The topological polar surface area (TPSA) is 103 Å². The van der Waals surface area contributed by atoms with Crippen molar-refractivity contribution in [3.63, 3.8) is 0 Å². The molecule has 166 valence electrons. The van der Waals surface area contributed by atoms with Gasteiger partial charge in [0.15, 0.2) is 11.3 Å². The summed E-state index contributed by atoms with van der Waals surface area (Å²) in [6.07, 6.45) is -4.74. The van der Waals surface area contributed by atoms with Crippen LogP contribution in [0.15, 0.2) is 18.3 Å². The number of anilines is 1. The van der Waals surface area contributed by atoms with Crippen LogP contribution in [0.2, 0.25) is 0 Å². The molecule has 14 heteroatoms. The largest absolute Gasteiger partial charge is 0.462 e. The molecule has 3 heterocycles. The van der Waals surface area contributed by atoms with Gasteiger partial charge in [-0.15, -0.1) is 0 Å². The van der Waals surface area contributed by atoms with Crippen molar-refractivity contribution < 1.29 is 36.3 Å². The van der Waals surface area contributed by atoms with Gasteiger partial charge in [-0.25, -0.2) is 14.3 Å². The van der Waals surface area contributed by atoms with E-state index in [2.05, 4.69) is 20.5 Å². The summed E-state index contributed by atoms with van der Waals surface area (Å²) in [5.41, 5.74) is -2.60. The van der Waals surface area contributed by atoms with E-state index in [9.17, 15) is 31.5 Å². The predicted octanol–water partition coefficient (Wildman–Crippen LogP) is 2.85. The standard InChI is InChI=1S/C17H15F5N6O3/c1-4-31-15(30)9-7-23-27(3)13(9)25-14(29)10-6-12-24-8(2)5-11(28(12)26-10)16(18,19)17(20,21)22/h5-7H,4H2,1-3H3,(H,25,29). The zero-order chi connectivity index (χ0) is 23.1. The van der Waals surface area contributed by atoms with Crippen LogP contribution >= 0.6 is 0 Å². The molecular weight excluding hydrogens is 431 g/mol. The molecule has 0 fully saturated rings. The summed E-state index contributed by atoms with van der Waals surface area (Å²) >= 11 is 0. The predicted molar refractivity (Wildman–Crippen MR) is 94.8 cm³/mol. The quantitative estimate of drug-likeness (QED) is 0.478. The first-order valence-electron chi connectivity index (χ1n) is 8.69. The minimum Gasteiger partial charge on any atom is -0.462 e. The molecule has 9 nitrogen and oxygen atoms in total. The Balaban J connectivity index is 2.02. The lowest BCUT2D eigenvalue weighted by atomic mass is 10.2. The van der Waals surface area contributed by atoms with Gasteiger partial charge in [0.05, 0.1) is 12.8 Å². The Morgan fingerprint density at radius 2 is 1.87 bits per heavy atom. The van der Waals surface area contributed by atoms with Crippen molar-refractivity contribution >= 4 is 23.3 Å². The van der Waals surface area contributed by atoms with Gasteiger partial charge < -0.3 is 10.1 Å². The smallest absolute Gasteiger partial charge is 0.459 e. The Morgan fingerprint density at radius 3 is 2.48 bits per heavy atom. The summed E-state index contributed by atoms with van der Waals surface area (Å²) < 4.78 is 72.8. The van der Waals surface area contributed by atoms with Crippen molar-refractivity contribution in [2.75, 3.05) is 11.9 Å². The summed E-state index contributed by atoms with van der Waals surface area (Å²) in [4.78, 5) is 28.4. The number of halogens is 5. The van der Waals surface area contributed by atoms with Crippen LogP contribution in [0, 0.1) is 6.92 Å². The monoisotopic (exact) mass is 446 g/mol. The van der Waals surface area contributed by atoms with E-state index < -0.39 is 35.4 Å². The second-order valence-corrected chi connectivity index (χ2v) is 6.36. The van der Waals surface area contributed by atoms with Crippen molar-refractivity contribution in [1.29, 1.82) is 0 Å². The average Bonchev–Trinajstić information content (AvgIpc) is 3.24. The van der Waals surface area contributed by atoms with E-state index in [1.807, 2.05) is 0 Å². The zero-order valence-corrected chi connectivity index (χ0v) is 16.3. The number of carbonyl (C=O) groups is 2. The number of fused-ring (bicyclic) bond motifs is 1. The van der Waals surface area contributed by atoms with Crippen LogP contribution in [0.4, 0.5) is 27.8 Å². The van der Waals surface area contributed by atoms with Crippen LogP contribution in [0.5, 0.6) is 0 Å². The molecule has 0 aromatic carbocycles. The number of ether oxygens (including phenoxy) is 1. The van der Waals surface area contributed by atoms with Crippen LogP contribution in [-0.2, 0) is 17.7 Å². The first kappa shape index (κ1) is 22.1. The molecule has 0 aliphatic carbocycles. The fraction of sp³-hybridized carbons (Fsp3) is 0.353. The molecule has 0 atom stereocenters. The number of nitrogens with zero attached hydrogens (tertiary/aromatic N) is 5. The third kappa shape index (κ3) is 3.92. The second kappa shape index (κ2) is 7.59. The van der Waals surface area contributed by atoms with Gasteiger partial charge in [-0.05, 0) is 19.9 Å². The van der Waals surface area contributed by atoms with E-state index in [0.29, 0.717) is 6.07 Å². The minimum atomic E-state index is -5.88. The number of alkyl halides is 5. The molecule has 0 spiro atoms. The minimum absolute atomic E-state index is 0.0642. The zero-order valence-electron chi connectivity index (χ0n) is 16.3. The van der Waals surface area contributed by atoms with Crippen molar-refractivity contribution in [1.82, 2.24) is 24.4 Å². The van der Waals surface area contributed by atoms with Crippen molar-refractivity contribution in [3.05, 3.63) is 41.0 Å². The number of aromatic nitrogens is 5. The first-order chi connectivity index (χ1) is 14.4. The van der Waals surface area contributed by atoms with Gasteiger partial charge >= 0.3 is 18.1 Å². The Labute approximate surface area is 170 Å². The third-order valence-electron chi connectivity index (χ3n) is 4.13. The van der Waals surface area contributed by atoms with Gasteiger partial charge in [0.1, 0.15) is 17.1 Å². The summed E-state index contributed by atoms with van der Waals surface area (Å²) in [6.45, 7) is 2.87. The maximum Gasteiger partial charge on any atom is 0.459 e. The fourth-order valence-corrected chi connectivity index (χ4v) is 2.70. The maximum atomic E-state index is 14.0. The molecular formula is C17H15F5N6O3. The highest BCUT2D eigenvalue weighted by molar-refractivity contribution is 6.06. The molecule has 0 saturated carbocycles. The molecule has 3 aromatic rings. The van der Waals surface area contributed by atoms with Gasteiger partial charge in [0.2, 0.25) is 0 Å². The highest BCUT2D eigenvalue weighted by Crippen LogP contribution is 2.43. The van der Waals surface area contributed by atoms with Crippen LogP contribution < -0.4 is 5.32 Å². The number of aryl methyl sites for hydroxylation is 2. The Kier molecular flexibility index (Phi) is 5.42. The van der Waals surface area contributed by atoms with Crippen LogP contribution in [0.1, 0.15) is 39.2 Å². The lowest BCUT2D eigenvalue weighted by molar-refractivity contribution is -0.291. The van der Waals surface area contributed by atoms with E-state index >= 15 is 0 Å². The molecule has 0 bridgehead atoms. The second-order valence-electron chi connectivity index (χ2n) is 6.36. The number of amides is 1. The van der Waals surface area contributed by atoms with Crippen LogP contribution in [-0.4, -0.2) is 49.0 Å². The molecule has 3 rings (SSSR count). The Morgan fingerprint density at radius 1 is 1.19 bits per heavy atom. The van der Waals surface area contributed by atoms with Crippen molar-refractivity contribution in [2.45, 2.75) is 25.9 Å². The molecule has 1 amide bonds. The van der Waals surface area contributed by atoms with Gasteiger partial charge in [0, 0.05) is 18.8 Å². The van der Waals surface area contributed by atoms with Crippen molar-refractivity contribution in [3.8, 4) is 0 Å². The molecule has 0 aliphatic rings. The average molecular weight is 446 g/mol. The van der Waals surface area contributed by atoms with E-state index in [1.54, 1.807) is 6.92 Å². The van der Waals surface area contributed by atoms with E-state index in [4.69, 9.17) is 4.74 Å². The van der Waals surface area contributed by atoms with Crippen molar-refractivity contribution in [2.24, 2.45) is 7.05 Å².